The summed E-state index contributed by atoms with van der Waals surface area (Å²) in [6.45, 7) is 1.48. The molecule has 146 valence electrons. The van der Waals surface area contributed by atoms with Gasteiger partial charge in [-0.2, -0.15) is 4.31 Å². The van der Waals surface area contributed by atoms with Crippen LogP contribution in [-0.4, -0.2) is 60.4 Å². The van der Waals surface area contributed by atoms with Gasteiger partial charge in [0.15, 0.2) is 0 Å². The van der Waals surface area contributed by atoms with Gasteiger partial charge >= 0.3 is 0 Å². The number of amides is 1. The number of H-pyrrole nitrogens is 1. The molecule has 0 spiro atoms. The Kier molecular flexibility index (Phi) is 5.19. The van der Waals surface area contributed by atoms with Crippen LogP contribution in [0.4, 0.5) is 0 Å². The van der Waals surface area contributed by atoms with E-state index in [1.165, 1.54) is 4.31 Å². The number of nitrogens with one attached hydrogen (secondary N) is 1. The number of rotatable bonds is 5. The van der Waals surface area contributed by atoms with Crippen molar-refractivity contribution in [1.29, 1.82) is 0 Å². The molecule has 28 heavy (non-hydrogen) atoms. The highest BCUT2D eigenvalue weighted by Crippen LogP contribution is 2.18. The topological polar surface area (TPSA) is 73.5 Å². The Balaban J connectivity index is 1.36. The largest absolute Gasteiger partial charge is 0.351 e. The van der Waals surface area contributed by atoms with Gasteiger partial charge in [-0.05, 0) is 24.1 Å². The second-order valence-electron chi connectivity index (χ2n) is 7.01. The quantitative estimate of drug-likeness (QED) is 0.719. The number of para-hydroxylation sites is 1. The molecule has 1 saturated heterocycles. The van der Waals surface area contributed by atoms with E-state index in [4.69, 9.17) is 0 Å². The number of fused-ring (bicyclic) bond motifs is 1. The number of carbonyl (C=O) groups excluding carboxylic acids is 1. The van der Waals surface area contributed by atoms with Crippen molar-refractivity contribution in [3.05, 3.63) is 71.9 Å². The maximum atomic E-state index is 12.8. The number of hydrogen-bond acceptors (Lipinski definition) is 3. The number of piperazine rings is 1. The molecule has 0 bridgehead atoms. The molecule has 0 unspecified atom stereocenters. The van der Waals surface area contributed by atoms with E-state index in [0.717, 1.165) is 16.5 Å². The summed E-state index contributed by atoms with van der Waals surface area (Å²) in [6.07, 6.45) is 0.497. The van der Waals surface area contributed by atoms with E-state index in [-0.39, 0.29) is 11.7 Å². The van der Waals surface area contributed by atoms with Crippen LogP contribution in [0.5, 0.6) is 0 Å². The molecule has 2 heterocycles. The predicted molar refractivity (Wildman–Crippen MR) is 110 cm³/mol. The molecular weight excluding hydrogens is 374 g/mol. The van der Waals surface area contributed by atoms with E-state index < -0.39 is 10.0 Å². The van der Waals surface area contributed by atoms with E-state index in [1.807, 2.05) is 60.7 Å². The van der Waals surface area contributed by atoms with Gasteiger partial charge in [0.1, 0.15) is 5.69 Å². The molecule has 0 atom stereocenters. The van der Waals surface area contributed by atoms with E-state index in [2.05, 4.69) is 4.98 Å². The van der Waals surface area contributed by atoms with Gasteiger partial charge in [-0.25, -0.2) is 8.42 Å². The van der Waals surface area contributed by atoms with Gasteiger partial charge in [0.05, 0.1) is 5.75 Å². The summed E-state index contributed by atoms with van der Waals surface area (Å²) in [7, 11) is -3.33. The monoisotopic (exact) mass is 397 g/mol. The van der Waals surface area contributed by atoms with Crippen molar-refractivity contribution in [2.45, 2.75) is 6.42 Å². The summed E-state index contributed by atoms with van der Waals surface area (Å²) in [5.41, 5.74) is 2.48. The third-order valence-electron chi connectivity index (χ3n) is 5.17. The first-order valence-electron chi connectivity index (χ1n) is 9.42. The number of aromatic nitrogens is 1. The second kappa shape index (κ2) is 7.77. The predicted octanol–water partition coefficient (Wildman–Crippen LogP) is 2.50. The molecule has 4 rings (SSSR count). The molecule has 1 N–H and O–H groups in total. The van der Waals surface area contributed by atoms with Crippen LogP contribution < -0.4 is 0 Å². The minimum absolute atomic E-state index is 0.0856. The maximum Gasteiger partial charge on any atom is 0.270 e. The zero-order valence-corrected chi connectivity index (χ0v) is 16.4. The number of hydrogen-bond donors (Lipinski definition) is 1. The highest BCUT2D eigenvalue weighted by Gasteiger charge is 2.29. The first kappa shape index (κ1) is 18.7. The Morgan fingerprint density at radius 3 is 2.32 bits per heavy atom. The van der Waals surface area contributed by atoms with E-state index >= 15 is 0 Å². The average Bonchev–Trinajstić information content (AvgIpc) is 3.17. The van der Waals surface area contributed by atoms with E-state index in [9.17, 15) is 13.2 Å². The van der Waals surface area contributed by atoms with Crippen molar-refractivity contribution in [3.8, 4) is 0 Å². The van der Waals surface area contributed by atoms with E-state index in [0.29, 0.717) is 38.3 Å². The lowest BCUT2D eigenvalue weighted by atomic mass is 10.2. The van der Waals surface area contributed by atoms with Crippen LogP contribution in [-0.2, 0) is 16.4 Å². The molecule has 1 aromatic heterocycles. The molecule has 6 nitrogen and oxygen atoms in total. The number of sulfonamides is 1. The Bertz CT molecular complexity index is 1040. The molecule has 1 fully saturated rings. The maximum absolute atomic E-state index is 12.8. The summed E-state index contributed by atoms with van der Waals surface area (Å²) < 4.78 is 26.8. The fourth-order valence-electron chi connectivity index (χ4n) is 3.55. The van der Waals surface area contributed by atoms with Crippen LogP contribution in [0.15, 0.2) is 60.7 Å². The molecule has 0 radical (unpaired) electrons. The normalized spacial score (nSPS) is 15.8. The van der Waals surface area contributed by atoms with Gasteiger partial charge in [0, 0.05) is 37.1 Å². The van der Waals surface area contributed by atoms with Crippen LogP contribution in [0.3, 0.4) is 0 Å². The Hall–Kier alpha value is -2.64. The summed E-state index contributed by atoms with van der Waals surface area (Å²) >= 11 is 0. The Morgan fingerprint density at radius 2 is 1.61 bits per heavy atom. The summed E-state index contributed by atoms with van der Waals surface area (Å²) in [6, 6.07) is 19.2. The third kappa shape index (κ3) is 3.95. The van der Waals surface area contributed by atoms with Crippen molar-refractivity contribution in [2.24, 2.45) is 0 Å². The van der Waals surface area contributed by atoms with Gasteiger partial charge in [-0.15, -0.1) is 0 Å². The van der Waals surface area contributed by atoms with Crippen molar-refractivity contribution in [3.63, 3.8) is 0 Å². The van der Waals surface area contributed by atoms with Crippen LogP contribution >= 0.6 is 0 Å². The molecule has 0 aliphatic carbocycles. The van der Waals surface area contributed by atoms with Gasteiger partial charge in [-0.3, -0.25) is 4.79 Å². The van der Waals surface area contributed by atoms with Crippen LogP contribution in [0.2, 0.25) is 0 Å². The molecule has 1 aliphatic heterocycles. The van der Waals surface area contributed by atoms with Crippen LogP contribution in [0, 0.1) is 0 Å². The van der Waals surface area contributed by atoms with Gasteiger partial charge < -0.3 is 9.88 Å². The van der Waals surface area contributed by atoms with Gasteiger partial charge in [-0.1, -0.05) is 48.5 Å². The van der Waals surface area contributed by atoms with Crippen molar-refractivity contribution < 1.29 is 13.2 Å². The zero-order chi connectivity index (χ0) is 19.6. The molecule has 7 heteroatoms. The first-order chi connectivity index (χ1) is 13.5. The third-order valence-corrected chi connectivity index (χ3v) is 7.04. The lowest BCUT2D eigenvalue weighted by molar-refractivity contribution is 0.0693. The van der Waals surface area contributed by atoms with Crippen molar-refractivity contribution in [1.82, 2.24) is 14.2 Å². The minimum Gasteiger partial charge on any atom is -0.351 e. The highest BCUT2D eigenvalue weighted by atomic mass is 32.2. The molecule has 1 amide bonds. The van der Waals surface area contributed by atoms with Gasteiger partial charge in [0.2, 0.25) is 10.0 Å². The number of benzene rings is 2. The lowest BCUT2D eigenvalue weighted by Gasteiger charge is -2.33. The number of aromatic amines is 1. The molecule has 2 aromatic carbocycles. The molecular formula is C21H23N3O3S. The minimum atomic E-state index is -3.33. The van der Waals surface area contributed by atoms with Crippen molar-refractivity contribution in [2.75, 3.05) is 31.9 Å². The summed E-state index contributed by atoms with van der Waals surface area (Å²) in [5, 5.41) is 0.993. The van der Waals surface area contributed by atoms with E-state index in [1.54, 1.807) is 4.90 Å². The van der Waals surface area contributed by atoms with Crippen molar-refractivity contribution >= 4 is 26.8 Å². The number of nitrogens with zero attached hydrogens (tertiary/aromatic N) is 2. The van der Waals surface area contributed by atoms with Crippen LogP contribution in [0.1, 0.15) is 16.1 Å². The second-order valence-corrected chi connectivity index (χ2v) is 9.10. The first-order valence-corrected chi connectivity index (χ1v) is 11.0. The number of aryl methyl sites for hydroxylation is 1. The standard InChI is InChI=1S/C21H23N3O3S/c25-21(20-16-18-8-4-5-9-19(18)22-20)23-11-13-24(14-12-23)28(26,27)15-10-17-6-2-1-3-7-17/h1-9,16,22H,10-15H2. The Morgan fingerprint density at radius 1 is 0.929 bits per heavy atom. The fourth-order valence-corrected chi connectivity index (χ4v) is 5.02. The SMILES string of the molecule is O=C(c1cc2ccccc2[nH]1)N1CCN(S(=O)(=O)CCc2ccccc2)CC1. The molecule has 3 aromatic rings. The molecule has 0 saturated carbocycles. The van der Waals surface area contributed by atoms with Gasteiger partial charge in [0.25, 0.3) is 5.91 Å². The highest BCUT2D eigenvalue weighted by molar-refractivity contribution is 7.89. The van der Waals surface area contributed by atoms with Crippen LogP contribution in [0.25, 0.3) is 10.9 Å². The Labute approximate surface area is 164 Å². The average molecular weight is 398 g/mol. The lowest BCUT2D eigenvalue weighted by Crippen LogP contribution is -2.51. The fraction of sp³-hybridized carbons (Fsp3) is 0.286. The summed E-state index contributed by atoms with van der Waals surface area (Å²) in [4.78, 5) is 17.6. The number of carbonyl (C=O) groups is 1. The smallest absolute Gasteiger partial charge is 0.270 e. The summed E-state index contributed by atoms with van der Waals surface area (Å²) in [5.74, 6) is 0.00464. The molecule has 1 aliphatic rings. The zero-order valence-electron chi connectivity index (χ0n) is 15.5.